The quantitative estimate of drug-likeness (QED) is 0.864. The van der Waals surface area contributed by atoms with Gasteiger partial charge in [-0.2, -0.15) is 0 Å². The molecule has 0 heterocycles. The van der Waals surface area contributed by atoms with Crippen molar-refractivity contribution in [1.82, 2.24) is 0 Å². The van der Waals surface area contributed by atoms with E-state index in [-0.39, 0.29) is 5.97 Å². The van der Waals surface area contributed by atoms with Crippen LogP contribution in [0.4, 0.5) is 5.69 Å². The summed E-state index contributed by atoms with van der Waals surface area (Å²) in [5.74, 6) is -0.282. The minimum Gasteiger partial charge on any atom is -0.467 e. The molecule has 0 spiro atoms. The van der Waals surface area contributed by atoms with Crippen molar-refractivity contribution < 1.29 is 9.53 Å². The molecule has 3 nitrogen and oxygen atoms in total. The molecular weight excluding hydrogens is 262 g/mol. The molecule has 1 unspecified atom stereocenters. The molecule has 0 aliphatic carbocycles. The fourth-order valence-electron chi connectivity index (χ4n) is 2.54. The Morgan fingerprint density at radius 1 is 0.952 bits per heavy atom. The molecule has 3 heteroatoms. The molecule has 0 saturated carbocycles. The standard InChI is InChI=1S/C18H21NO2/c1-12-8-5-6-11-15(12)19-17(18(20)21-4)16-13(2)9-7-10-14(16)3/h5-11,17,19H,1-4H3. The molecular formula is C18H21NO2. The number of ether oxygens (including phenoxy) is 1. The number of carbonyl (C=O) groups excluding carboxylic acids is 1. The van der Waals surface area contributed by atoms with Gasteiger partial charge in [-0.15, -0.1) is 0 Å². The van der Waals surface area contributed by atoms with E-state index in [4.69, 9.17) is 4.74 Å². The Morgan fingerprint density at radius 2 is 1.52 bits per heavy atom. The van der Waals surface area contributed by atoms with Gasteiger partial charge in [-0.3, -0.25) is 0 Å². The third kappa shape index (κ3) is 3.24. The number of methoxy groups -OCH3 is 1. The van der Waals surface area contributed by atoms with E-state index < -0.39 is 6.04 Å². The molecule has 0 aromatic heterocycles. The van der Waals surface area contributed by atoms with Gasteiger partial charge in [0.1, 0.15) is 0 Å². The SMILES string of the molecule is COC(=O)C(Nc1ccccc1C)c1c(C)cccc1C. The van der Waals surface area contributed by atoms with Gasteiger partial charge in [0.25, 0.3) is 0 Å². The monoisotopic (exact) mass is 283 g/mol. The summed E-state index contributed by atoms with van der Waals surface area (Å²) < 4.78 is 4.99. The van der Waals surface area contributed by atoms with Gasteiger partial charge >= 0.3 is 5.97 Å². The maximum atomic E-state index is 12.2. The number of esters is 1. The summed E-state index contributed by atoms with van der Waals surface area (Å²) in [6.07, 6.45) is 0. The Balaban J connectivity index is 2.45. The maximum Gasteiger partial charge on any atom is 0.333 e. The van der Waals surface area contributed by atoms with Gasteiger partial charge in [0.2, 0.25) is 0 Å². The van der Waals surface area contributed by atoms with E-state index in [2.05, 4.69) is 5.32 Å². The number of rotatable bonds is 4. The van der Waals surface area contributed by atoms with Gasteiger partial charge in [-0.1, -0.05) is 36.4 Å². The lowest BCUT2D eigenvalue weighted by atomic mass is 9.95. The van der Waals surface area contributed by atoms with Gasteiger partial charge in [0, 0.05) is 5.69 Å². The van der Waals surface area contributed by atoms with E-state index in [9.17, 15) is 4.79 Å². The number of hydrogen-bond donors (Lipinski definition) is 1. The molecule has 0 amide bonds. The normalized spacial score (nSPS) is 11.8. The lowest BCUT2D eigenvalue weighted by Gasteiger charge is -2.22. The number of para-hydroxylation sites is 1. The molecule has 0 bridgehead atoms. The Kier molecular flexibility index (Phi) is 4.63. The van der Waals surface area contributed by atoms with Crippen LogP contribution in [0.3, 0.4) is 0 Å². The second kappa shape index (κ2) is 6.44. The lowest BCUT2D eigenvalue weighted by molar-refractivity contribution is -0.141. The fourth-order valence-corrected chi connectivity index (χ4v) is 2.54. The van der Waals surface area contributed by atoms with Gasteiger partial charge in [-0.25, -0.2) is 4.79 Å². The Labute approximate surface area is 126 Å². The predicted molar refractivity (Wildman–Crippen MR) is 85.5 cm³/mol. The minimum absolute atomic E-state index is 0.282. The first kappa shape index (κ1) is 15.1. The number of nitrogens with one attached hydrogen (secondary N) is 1. The largest absolute Gasteiger partial charge is 0.467 e. The van der Waals surface area contributed by atoms with E-state index in [1.54, 1.807) is 0 Å². The van der Waals surface area contributed by atoms with Crippen molar-refractivity contribution in [3.8, 4) is 0 Å². The van der Waals surface area contributed by atoms with Crippen LogP contribution in [0.15, 0.2) is 42.5 Å². The molecule has 2 aromatic rings. The van der Waals surface area contributed by atoms with Crippen LogP contribution in [0, 0.1) is 20.8 Å². The molecule has 0 fully saturated rings. The summed E-state index contributed by atoms with van der Waals surface area (Å²) in [7, 11) is 1.42. The van der Waals surface area contributed by atoms with E-state index in [0.29, 0.717) is 0 Å². The fraction of sp³-hybridized carbons (Fsp3) is 0.278. The topological polar surface area (TPSA) is 38.3 Å². The minimum atomic E-state index is -0.503. The van der Waals surface area contributed by atoms with Crippen LogP contribution in [0.2, 0.25) is 0 Å². The number of anilines is 1. The van der Waals surface area contributed by atoms with Crippen LogP contribution in [-0.2, 0) is 9.53 Å². The summed E-state index contributed by atoms with van der Waals surface area (Å²) in [4.78, 5) is 12.2. The van der Waals surface area contributed by atoms with E-state index in [1.165, 1.54) is 7.11 Å². The van der Waals surface area contributed by atoms with Crippen molar-refractivity contribution in [2.45, 2.75) is 26.8 Å². The molecule has 110 valence electrons. The van der Waals surface area contributed by atoms with Crippen LogP contribution in [-0.4, -0.2) is 13.1 Å². The summed E-state index contributed by atoms with van der Waals surface area (Å²) in [6.45, 7) is 6.04. The first-order valence-electron chi connectivity index (χ1n) is 7.00. The molecule has 2 aromatic carbocycles. The molecule has 0 saturated heterocycles. The highest BCUT2D eigenvalue weighted by molar-refractivity contribution is 5.82. The molecule has 21 heavy (non-hydrogen) atoms. The zero-order valence-electron chi connectivity index (χ0n) is 12.9. The maximum absolute atomic E-state index is 12.2. The number of aryl methyl sites for hydroxylation is 3. The van der Waals surface area contributed by atoms with Crippen LogP contribution in [0.1, 0.15) is 28.3 Å². The first-order chi connectivity index (χ1) is 10.0. The van der Waals surface area contributed by atoms with E-state index in [0.717, 1.165) is 27.9 Å². The number of hydrogen-bond acceptors (Lipinski definition) is 3. The average Bonchev–Trinajstić information content (AvgIpc) is 2.47. The second-order valence-electron chi connectivity index (χ2n) is 5.22. The molecule has 2 rings (SSSR count). The van der Waals surface area contributed by atoms with E-state index in [1.807, 2.05) is 63.2 Å². The Morgan fingerprint density at radius 3 is 2.10 bits per heavy atom. The Hall–Kier alpha value is -2.29. The lowest BCUT2D eigenvalue weighted by Crippen LogP contribution is -2.24. The molecule has 0 aliphatic rings. The molecule has 1 atom stereocenters. The van der Waals surface area contributed by atoms with Crippen molar-refractivity contribution in [3.63, 3.8) is 0 Å². The molecule has 1 N–H and O–H groups in total. The summed E-state index contributed by atoms with van der Waals surface area (Å²) in [6, 6.07) is 13.4. The highest BCUT2D eigenvalue weighted by Gasteiger charge is 2.24. The number of benzene rings is 2. The van der Waals surface area contributed by atoms with Gasteiger partial charge in [0.15, 0.2) is 6.04 Å². The third-order valence-corrected chi connectivity index (χ3v) is 3.71. The summed E-state index contributed by atoms with van der Waals surface area (Å²) in [5, 5.41) is 3.32. The van der Waals surface area contributed by atoms with Crippen molar-refractivity contribution in [2.75, 3.05) is 12.4 Å². The second-order valence-corrected chi connectivity index (χ2v) is 5.22. The summed E-state index contributed by atoms with van der Waals surface area (Å²) >= 11 is 0. The third-order valence-electron chi connectivity index (χ3n) is 3.71. The number of carbonyl (C=O) groups is 1. The first-order valence-corrected chi connectivity index (χ1v) is 7.00. The van der Waals surface area contributed by atoms with Gasteiger partial charge < -0.3 is 10.1 Å². The van der Waals surface area contributed by atoms with Gasteiger partial charge in [0.05, 0.1) is 7.11 Å². The average molecular weight is 283 g/mol. The van der Waals surface area contributed by atoms with Crippen LogP contribution < -0.4 is 5.32 Å². The zero-order valence-corrected chi connectivity index (χ0v) is 12.9. The van der Waals surface area contributed by atoms with Crippen LogP contribution in [0.25, 0.3) is 0 Å². The van der Waals surface area contributed by atoms with E-state index >= 15 is 0 Å². The smallest absolute Gasteiger partial charge is 0.333 e. The Bertz CT molecular complexity index is 629. The molecule has 0 radical (unpaired) electrons. The molecule has 0 aliphatic heterocycles. The van der Waals surface area contributed by atoms with Crippen molar-refractivity contribution in [1.29, 1.82) is 0 Å². The highest BCUT2D eigenvalue weighted by Crippen LogP contribution is 2.28. The predicted octanol–water partition coefficient (Wildman–Crippen LogP) is 3.94. The van der Waals surface area contributed by atoms with Crippen molar-refractivity contribution in [3.05, 3.63) is 64.7 Å². The van der Waals surface area contributed by atoms with Crippen molar-refractivity contribution >= 4 is 11.7 Å². The summed E-state index contributed by atoms with van der Waals surface area (Å²) in [5.41, 5.74) is 5.17. The van der Waals surface area contributed by atoms with Crippen LogP contribution >= 0.6 is 0 Å². The zero-order chi connectivity index (χ0) is 15.4. The van der Waals surface area contributed by atoms with Gasteiger partial charge in [-0.05, 0) is 49.1 Å². The van der Waals surface area contributed by atoms with Crippen LogP contribution in [0.5, 0.6) is 0 Å². The van der Waals surface area contributed by atoms with Crippen molar-refractivity contribution in [2.24, 2.45) is 0 Å². The highest BCUT2D eigenvalue weighted by atomic mass is 16.5.